The van der Waals surface area contributed by atoms with Crippen LogP contribution in [0.15, 0.2) is 60.7 Å². The molecule has 1 heterocycles. The third kappa shape index (κ3) is 2.29. The van der Waals surface area contributed by atoms with Gasteiger partial charge in [-0.3, -0.25) is 9.59 Å². The number of ether oxygens (including phenoxy) is 1. The topological polar surface area (TPSA) is 43.4 Å². The first-order valence-corrected chi connectivity index (χ1v) is 7.80. The third-order valence-corrected chi connectivity index (χ3v) is 4.54. The zero-order valence-corrected chi connectivity index (χ0v) is 12.6. The average Bonchev–Trinajstić information content (AvgIpc) is 2.95. The number of esters is 1. The highest BCUT2D eigenvalue weighted by atomic mass is 16.6. The number of ketones is 1. The zero-order valence-electron chi connectivity index (χ0n) is 12.6. The first-order valence-electron chi connectivity index (χ1n) is 7.80. The molecule has 23 heavy (non-hydrogen) atoms. The average molecular weight is 304 g/mol. The van der Waals surface area contributed by atoms with Gasteiger partial charge in [0.15, 0.2) is 5.60 Å². The second kappa shape index (κ2) is 5.20. The molecule has 0 aromatic heterocycles. The summed E-state index contributed by atoms with van der Waals surface area (Å²) in [7, 11) is 0. The Kier molecular flexibility index (Phi) is 3.15. The van der Waals surface area contributed by atoms with Crippen LogP contribution in [0.1, 0.15) is 34.3 Å². The summed E-state index contributed by atoms with van der Waals surface area (Å²) in [6.07, 6.45) is 3.31. The highest BCUT2D eigenvalue weighted by molar-refractivity contribution is 6.12. The largest absolute Gasteiger partial charge is 0.446 e. The van der Waals surface area contributed by atoms with Crippen LogP contribution in [-0.2, 0) is 16.0 Å². The van der Waals surface area contributed by atoms with Crippen molar-refractivity contribution in [3.63, 3.8) is 0 Å². The maximum absolute atomic E-state index is 12.9. The van der Waals surface area contributed by atoms with Gasteiger partial charge in [-0.2, -0.15) is 0 Å². The Labute approximate surface area is 134 Å². The number of rotatable bonds is 2. The number of Topliss-reactive ketones (excluding diaryl/α,β-unsaturated/α-hetero) is 1. The number of fused-ring (bicyclic) bond motifs is 1. The summed E-state index contributed by atoms with van der Waals surface area (Å²) in [6, 6.07) is 17.7. The summed E-state index contributed by atoms with van der Waals surface area (Å²) in [4.78, 5) is 24.5. The van der Waals surface area contributed by atoms with Crippen molar-refractivity contribution in [3.8, 4) is 0 Å². The number of hydrogen-bond donors (Lipinski definition) is 0. The van der Waals surface area contributed by atoms with Gasteiger partial charge in [-0.05, 0) is 29.2 Å². The SMILES string of the molecule is O=C1CCC2(C=C(Cc3ccccc3)c3ccccc3C2=O)O1. The van der Waals surface area contributed by atoms with Crippen LogP contribution in [0.5, 0.6) is 0 Å². The van der Waals surface area contributed by atoms with Crippen molar-refractivity contribution in [1.82, 2.24) is 0 Å². The van der Waals surface area contributed by atoms with E-state index >= 15 is 0 Å². The number of benzene rings is 2. The number of carbonyl (C=O) groups is 2. The van der Waals surface area contributed by atoms with Crippen LogP contribution in [0.25, 0.3) is 5.57 Å². The standard InChI is InChI=1S/C20H16O3/c21-18-10-11-20(23-18)13-15(12-14-6-2-1-3-7-14)16-8-4-5-9-17(16)19(20)22/h1-9,13H,10-12H2. The summed E-state index contributed by atoms with van der Waals surface area (Å²) in [5.74, 6) is -0.399. The van der Waals surface area contributed by atoms with Gasteiger partial charge in [0.05, 0.1) is 6.42 Å². The van der Waals surface area contributed by atoms with Crippen LogP contribution in [-0.4, -0.2) is 17.4 Å². The van der Waals surface area contributed by atoms with Crippen molar-refractivity contribution < 1.29 is 14.3 Å². The van der Waals surface area contributed by atoms with Crippen LogP contribution >= 0.6 is 0 Å². The van der Waals surface area contributed by atoms with Gasteiger partial charge in [0, 0.05) is 12.0 Å². The maximum Gasteiger partial charge on any atom is 0.307 e. The Bertz CT molecular complexity index is 820. The Morgan fingerprint density at radius 3 is 2.30 bits per heavy atom. The lowest BCUT2D eigenvalue weighted by Gasteiger charge is -2.30. The minimum Gasteiger partial charge on any atom is -0.446 e. The normalized spacial score (nSPS) is 22.7. The molecule has 1 aliphatic carbocycles. The van der Waals surface area contributed by atoms with E-state index in [9.17, 15) is 9.59 Å². The van der Waals surface area contributed by atoms with Gasteiger partial charge in [-0.1, -0.05) is 54.6 Å². The highest BCUT2D eigenvalue weighted by Gasteiger charge is 2.48. The first kappa shape index (κ1) is 13.9. The predicted octanol–water partition coefficient (Wildman–Crippen LogP) is 3.58. The molecule has 4 rings (SSSR count). The molecule has 0 amide bonds. The fraction of sp³-hybridized carbons (Fsp3) is 0.200. The Morgan fingerprint density at radius 1 is 0.913 bits per heavy atom. The third-order valence-electron chi connectivity index (χ3n) is 4.54. The quantitative estimate of drug-likeness (QED) is 0.796. The minimum absolute atomic E-state index is 0.101. The molecule has 3 heteroatoms. The lowest BCUT2D eigenvalue weighted by atomic mass is 9.77. The molecule has 2 aromatic rings. The van der Waals surface area contributed by atoms with Crippen LogP contribution < -0.4 is 0 Å². The van der Waals surface area contributed by atoms with Crippen molar-refractivity contribution in [3.05, 3.63) is 77.4 Å². The van der Waals surface area contributed by atoms with E-state index in [1.807, 2.05) is 48.5 Å². The molecule has 1 aliphatic heterocycles. The van der Waals surface area contributed by atoms with Crippen molar-refractivity contribution in [1.29, 1.82) is 0 Å². The fourth-order valence-electron chi connectivity index (χ4n) is 3.43. The highest BCUT2D eigenvalue weighted by Crippen LogP contribution is 2.40. The van der Waals surface area contributed by atoms with Crippen LogP contribution in [0, 0.1) is 0 Å². The Balaban J connectivity index is 1.82. The summed E-state index contributed by atoms with van der Waals surface area (Å²) < 4.78 is 5.46. The van der Waals surface area contributed by atoms with Gasteiger partial charge in [0.1, 0.15) is 0 Å². The van der Waals surface area contributed by atoms with Crippen molar-refractivity contribution in [2.24, 2.45) is 0 Å². The number of hydrogen-bond acceptors (Lipinski definition) is 3. The minimum atomic E-state index is -1.10. The molecule has 3 nitrogen and oxygen atoms in total. The van der Waals surface area contributed by atoms with Gasteiger partial charge in [0.25, 0.3) is 0 Å². The Hall–Kier alpha value is -2.68. The molecule has 1 atom stereocenters. The fourth-order valence-corrected chi connectivity index (χ4v) is 3.43. The number of allylic oxidation sites excluding steroid dienone is 1. The monoisotopic (exact) mass is 304 g/mol. The van der Waals surface area contributed by atoms with Gasteiger partial charge in [-0.25, -0.2) is 0 Å². The van der Waals surface area contributed by atoms with E-state index < -0.39 is 5.60 Å². The van der Waals surface area contributed by atoms with Gasteiger partial charge in [-0.15, -0.1) is 0 Å². The summed E-state index contributed by atoms with van der Waals surface area (Å²) in [5.41, 5.74) is 2.70. The molecule has 2 aromatic carbocycles. The lowest BCUT2D eigenvalue weighted by Crippen LogP contribution is -2.39. The number of carbonyl (C=O) groups excluding carboxylic acids is 2. The summed E-state index contributed by atoms with van der Waals surface area (Å²) in [6.45, 7) is 0. The lowest BCUT2D eigenvalue weighted by molar-refractivity contribution is -0.143. The van der Waals surface area contributed by atoms with Crippen molar-refractivity contribution in [2.45, 2.75) is 24.9 Å². The van der Waals surface area contributed by atoms with E-state index in [1.165, 1.54) is 5.56 Å². The molecule has 0 saturated carbocycles. The molecule has 2 aliphatic rings. The summed E-state index contributed by atoms with van der Waals surface area (Å²) >= 11 is 0. The molecule has 114 valence electrons. The van der Waals surface area contributed by atoms with Crippen molar-refractivity contribution in [2.75, 3.05) is 0 Å². The molecule has 0 radical (unpaired) electrons. The molecule has 0 bridgehead atoms. The van der Waals surface area contributed by atoms with Crippen LogP contribution in [0.4, 0.5) is 0 Å². The van der Waals surface area contributed by atoms with Gasteiger partial charge >= 0.3 is 5.97 Å². The van der Waals surface area contributed by atoms with E-state index in [-0.39, 0.29) is 11.8 Å². The van der Waals surface area contributed by atoms with Gasteiger partial charge in [0.2, 0.25) is 5.78 Å². The zero-order chi connectivity index (χ0) is 15.9. The van der Waals surface area contributed by atoms with E-state index in [0.717, 1.165) is 11.1 Å². The maximum atomic E-state index is 12.9. The Morgan fingerprint density at radius 2 is 1.61 bits per heavy atom. The smallest absolute Gasteiger partial charge is 0.307 e. The second-order valence-corrected chi connectivity index (χ2v) is 6.07. The molecule has 1 fully saturated rings. The van der Waals surface area contributed by atoms with E-state index in [0.29, 0.717) is 24.8 Å². The van der Waals surface area contributed by atoms with E-state index in [2.05, 4.69) is 12.1 Å². The second-order valence-electron chi connectivity index (χ2n) is 6.07. The van der Waals surface area contributed by atoms with Crippen LogP contribution in [0.3, 0.4) is 0 Å². The van der Waals surface area contributed by atoms with Crippen molar-refractivity contribution >= 4 is 17.3 Å². The first-order chi connectivity index (χ1) is 11.2. The molecular formula is C20H16O3. The van der Waals surface area contributed by atoms with Crippen LogP contribution in [0.2, 0.25) is 0 Å². The molecule has 1 spiro atoms. The molecule has 1 saturated heterocycles. The van der Waals surface area contributed by atoms with E-state index in [1.54, 1.807) is 0 Å². The molecule has 0 N–H and O–H groups in total. The molecular weight excluding hydrogens is 288 g/mol. The molecule has 1 unspecified atom stereocenters. The van der Waals surface area contributed by atoms with Gasteiger partial charge < -0.3 is 4.74 Å². The predicted molar refractivity (Wildman–Crippen MR) is 87.0 cm³/mol. The van der Waals surface area contributed by atoms with E-state index in [4.69, 9.17) is 4.74 Å². The summed E-state index contributed by atoms with van der Waals surface area (Å²) in [5, 5.41) is 0.